The molecule has 1 saturated heterocycles. The fraction of sp³-hybridized carbons (Fsp3) is 0.381. The number of hydrogen-bond donors (Lipinski definition) is 1. The van der Waals surface area contributed by atoms with Gasteiger partial charge >= 0.3 is 0 Å². The van der Waals surface area contributed by atoms with Gasteiger partial charge in [-0.2, -0.15) is 0 Å². The zero-order chi connectivity index (χ0) is 18.4. The molecule has 0 aliphatic carbocycles. The van der Waals surface area contributed by atoms with Crippen molar-refractivity contribution in [2.45, 2.75) is 13.3 Å². The van der Waals surface area contributed by atoms with Crippen molar-refractivity contribution in [2.24, 2.45) is 0 Å². The molecule has 0 aromatic heterocycles. The van der Waals surface area contributed by atoms with E-state index in [9.17, 15) is 4.79 Å². The van der Waals surface area contributed by atoms with Crippen molar-refractivity contribution in [3.05, 3.63) is 54.1 Å². The van der Waals surface area contributed by atoms with E-state index in [0.717, 1.165) is 37.6 Å². The van der Waals surface area contributed by atoms with E-state index >= 15 is 0 Å². The number of amides is 1. The summed E-state index contributed by atoms with van der Waals surface area (Å²) in [5.41, 5.74) is 3.48. The second kappa shape index (κ2) is 8.61. The summed E-state index contributed by atoms with van der Waals surface area (Å²) in [5.74, 6) is 1.09. The highest BCUT2D eigenvalue weighted by atomic mass is 16.5. The van der Waals surface area contributed by atoms with Crippen molar-refractivity contribution in [2.75, 3.05) is 50.1 Å². The van der Waals surface area contributed by atoms with Crippen LogP contribution in [-0.2, 0) is 4.79 Å². The number of ether oxygens (including phenoxy) is 1. The van der Waals surface area contributed by atoms with Gasteiger partial charge < -0.3 is 19.9 Å². The lowest BCUT2D eigenvalue weighted by atomic mass is 10.2. The van der Waals surface area contributed by atoms with Crippen molar-refractivity contribution in [3.8, 4) is 5.75 Å². The third kappa shape index (κ3) is 4.48. The second-order valence-corrected chi connectivity index (χ2v) is 6.56. The molecule has 1 aliphatic rings. The van der Waals surface area contributed by atoms with Crippen molar-refractivity contribution < 1.29 is 9.53 Å². The van der Waals surface area contributed by atoms with Crippen molar-refractivity contribution >= 4 is 17.3 Å². The molecule has 2 aromatic rings. The molecule has 0 bridgehead atoms. The van der Waals surface area contributed by atoms with Gasteiger partial charge in [0.2, 0.25) is 5.91 Å². The van der Waals surface area contributed by atoms with Gasteiger partial charge in [-0.25, -0.2) is 0 Å². The summed E-state index contributed by atoms with van der Waals surface area (Å²) in [7, 11) is 1.67. The number of benzene rings is 2. The lowest BCUT2D eigenvalue weighted by molar-refractivity contribution is -0.131. The third-order valence-corrected chi connectivity index (χ3v) is 4.87. The molecule has 3 rings (SSSR count). The number of piperazine rings is 1. The Morgan fingerprint density at radius 2 is 1.73 bits per heavy atom. The fourth-order valence-electron chi connectivity index (χ4n) is 3.24. The van der Waals surface area contributed by atoms with Crippen LogP contribution in [0.3, 0.4) is 0 Å². The van der Waals surface area contributed by atoms with Gasteiger partial charge in [-0.3, -0.25) is 4.79 Å². The van der Waals surface area contributed by atoms with Gasteiger partial charge in [0.05, 0.1) is 7.11 Å². The van der Waals surface area contributed by atoms with Crippen LogP contribution in [0.5, 0.6) is 5.75 Å². The highest BCUT2D eigenvalue weighted by molar-refractivity contribution is 5.77. The maximum atomic E-state index is 12.5. The summed E-state index contributed by atoms with van der Waals surface area (Å²) in [6.07, 6.45) is 0.525. The second-order valence-electron chi connectivity index (χ2n) is 6.56. The van der Waals surface area contributed by atoms with Crippen LogP contribution in [0, 0.1) is 6.92 Å². The van der Waals surface area contributed by atoms with Crippen LogP contribution in [0.1, 0.15) is 12.0 Å². The molecule has 0 unspecified atom stereocenters. The molecule has 1 amide bonds. The van der Waals surface area contributed by atoms with Gasteiger partial charge in [0.1, 0.15) is 5.75 Å². The standard InChI is InChI=1S/C21H27N3O2/c1-17-5-3-4-6-20(17)22-12-11-21(25)24-15-13-23(14-16-24)18-7-9-19(26-2)10-8-18/h3-10,22H,11-16H2,1-2H3. The Hall–Kier alpha value is -2.69. The lowest BCUT2D eigenvalue weighted by Gasteiger charge is -2.36. The minimum absolute atomic E-state index is 0.223. The molecule has 5 heteroatoms. The maximum absolute atomic E-state index is 12.5. The van der Waals surface area contributed by atoms with Gasteiger partial charge in [0.15, 0.2) is 0 Å². The summed E-state index contributed by atoms with van der Waals surface area (Å²) >= 11 is 0. The summed E-state index contributed by atoms with van der Waals surface area (Å²) in [5, 5.41) is 3.36. The van der Waals surface area contributed by atoms with E-state index in [4.69, 9.17) is 4.74 Å². The van der Waals surface area contributed by atoms with E-state index in [0.29, 0.717) is 13.0 Å². The van der Waals surface area contributed by atoms with Crippen LogP contribution in [0.4, 0.5) is 11.4 Å². The quantitative estimate of drug-likeness (QED) is 0.866. The molecule has 26 heavy (non-hydrogen) atoms. The number of anilines is 2. The molecule has 0 saturated carbocycles. The van der Waals surface area contributed by atoms with Crippen molar-refractivity contribution in [3.63, 3.8) is 0 Å². The van der Waals surface area contributed by atoms with Crippen LogP contribution < -0.4 is 15.0 Å². The van der Waals surface area contributed by atoms with Crippen molar-refractivity contribution in [1.29, 1.82) is 0 Å². The highest BCUT2D eigenvalue weighted by Gasteiger charge is 2.21. The number of nitrogens with one attached hydrogen (secondary N) is 1. The molecule has 0 atom stereocenters. The first kappa shape index (κ1) is 18.1. The topological polar surface area (TPSA) is 44.8 Å². The lowest BCUT2D eigenvalue weighted by Crippen LogP contribution is -2.49. The minimum Gasteiger partial charge on any atom is -0.497 e. The monoisotopic (exact) mass is 353 g/mol. The number of hydrogen-bond acceptors (Lipinski definition) is 4. The van der Waals surface area contributed by atoms with Crippen LogP contribution >= 0.6 is 0 Å². The van der Waals surface area contributed by atoms with E-state index in [1.165, 1.54) is 11.3 Å². The molecule has 5 nitrogen and oxygen atoms in total. The van der Waals surface area contributed by atoms with E-state index < -0.39 is 0 Å². The first-order valence-electron chi connectivity index (χ1n) is 9.13. The van der Waals surface area contributed by atoms with Crippen LogP contribution in [0.2, 0.25) is 0 Å². The Balaban J connectivity index is 1.43. The number of carbonyl (C=O) groups is 1. The summed E-state index contributed by atoms with van der Waals surface area (Å²) < 4.78 is 5.20. The van der Waals surface area contributed by atoms with Crippen molar-refractivity contribution in [1.82, 2.24) is 4.90 Å². The maximum Gasteiger partial charge on any atom is 0.224 e. The zero-order valence-electron chi connectivity index (χ0n) is 15.6. The van der Waals surface area contributed by atoms with E-state index in [2.05, 4.69) is 35.3 Å². The van der Waals surface area contributed by atoms with Gasteiger partial charge in [0, 0.05) is 50.5 Å². The van der Waals surface area contributed by atoms with E-state index in [1.807, 2.05) is 35.2 Å². The summed E-state index contributed by atoms with van der Waals surface area (Å²) in [6.45, 7) is 6.02. The summed E-state index contributed by atoms with van der Waals surface area (Å²) in [4.78, 5) is 16.7. The molecule has 2 aromatic carbocycles. The predicted octanol–water partition coefficient (Wildman–Crippen LogP) is 3.15. The molecule has 1 fully saturated rings. The Bertz CT molecular complexity index is 722. The average molecular weight is 353 g/mol. The molecule has 0 spiro atoms. The first-order valence-corrected chi connectivity index (χ1v) is 9.13. The zero-order valence-corrected chi connectivity index (χ0v) is 15.6. The average Bonchev–Trinajstić information content (AvgIpc) is 2.69. The van der Waals surface area contributed by atoms with Crippen LogP contribution in [0.25, 0.3) is 0 Å². The molecular formula is C21H27N3O2. The Morgan fingerprint density at radius 3 is 2.38 bits per heavy atom. The van der Waals surface area contributed by atoms with Gasteiger partial charge in [0.25, 0.3) is 0 Å². The minimum atomic E-state index is 0.223. The Morgan fingerprint density at radius 1 is 1.04 bits per heavy atom. The summed E-state index contributed by atoms with van der Waals surface area (Å²) in [6, 6.07) is 16.2. The highest BCUT2D eigenvalue weighted by Crippen LogP contribution is 2.20. The van der Waals surface area contributed by atoms with Gasteiger partial charge in [-0.05, 0) is 42.8 Å². The third-order valence-electron chi connectivity index (χ3n) is 4.87. The molecule has 1 N–H and O–H groups in total. The van der Waals surface area contributed by atoms with E-state index in [-0.39, 0.29) is 5.91 Å². The molecule has 138 valence electrons. The number of rotatable bonds is 6. The Labute approximate surface area is 155 Å². The first-order chi connectivity index (χ1) is 12.7. The fourth-order valence-corrected chi connectivity index (χ4v) is 3.24. The van der Waals surface area contributed by atoms with Gasteiger partial charge in [-0.1, -0.05) is 18.2 Å². The number of aryl methyl sites for hydroxylation is 1. The molecule has 1 heterocycles. The largest absolute Gasteiger partial charge is 0.497 e. The van der Waals surface area contributed by atoms with Crippen LogP contribution in [0.15, 0.2) is 48.5 Å². The molecule has 1 aliphatic heterocycles. The molecular weight excluding hydrogens is 326 g/mol. The number of para-hydroxylation sites is 1. The van der Waals surface area contributed by atoms with Gasteiger partial charge in [-0.15, -0.1) is 0 Å². The normalized spacial score (nSPS) is 14.2. The number of carbonyl (C=O) groups excluding carboxylic acids is 1. The Kier molecular flexibility index (Phi) is 6.00. The van der Waals surface area contributed by atoms with Crippen LogP contribution in [-0.4, -0.2) is 50.6 Å². The molecule has 0 radical (unpaired) electrons. The number of methoxy groups -OCH3 is 1. The van der Waals surface area contributed by atoms with E-state index in [1.54, 1.807) is 7.11 Å². The number of nitrogens with zero attached hydrogens (tertiary/aromatic N) is 2. The SMILES string of the molecule is COc1ccc(N2CCN(C(=O)CCNc3ccccc3C)CC2)cc1. The predicted molar refractivity (Wildman–Crippen MR) is 106 cm³/mol. The smallest absolute Gasteiger partial charge is 0.224 e.